The first kappa shape index (κ1) is 11.9. The van der Waals surface area contributed by atoms with Crippen LogP contribution in [0.4, 0.5) is 5.69 Å². The summed E-state index contributed by atoms with van der Waals surface area (Å²) in [4.78, 5) is 20.5. The Balaban J connectivity index is 2.06. The van der Waals surface area contributed by atoms with Crippen molar-refractivity contribution >= 4 is 5.69 Å². The summed E-state index contributed by atoms with van der Waals surface area (Å²) in [6, 6.07) is 9.90. The third kappa shape index (κ3) is 2.51. The largest absolute Gasteiger partial charge is 0.366 e. The molecular weight excluding hydrogens is 240 g/mol. The van der Waals surface area contributed by atoms with Crippen LogP contribution < -0.4 is 15.9 Å². The van der Waals surface area contributed by atoms with Crippen LogP contribution in [-0.4, -0.2) is 36.1 Å². The van der Waals surface area contributed by atoms with E-state index >= 15 is 0 Å². The summed E-state index contributed by atoms with van der Waals surface area (Å²) < 4.78 is 0. The Morgan fingerprint density at radius 1 is 1.11 bits per heavy atom. The standard InChI is InChI=1S/C14H16N4O/c19-14-16-10-12(18-8-6-15-7-9-18)13(17-14)11-4-2-1-3-5-11/h1-5,10,15H,6-9H2,(H,16,17,19). The highest BCUT2D eigenvalue weighted by Gasteiger charge is 2.16. The number of rotatable bonds is 2. The highest BCUT2D eigenvalue weighted by molar-refractivity contribution is 5.74. The maximum Gasteiger partial charge on any atom is 0.345 e. The summed E-state index contributed by atoms with van der Waals surface area (Å²) in [5.41, 5.74) is 2.54. The Labute approximate surface area is 111 Å². The van der Waals surface area contributed by atoms with Crippen LogP contribution in [-0.2, 0) is 0 Å². The molecule has 5 heteroatoms. The fourth-order valence-corrected chi connectivity index (χ4v) is 2.36. The van der Waals surface area contributed by atoms with Crippen LogP contribution >= 0.6 is 0 Å². The van der Waals surface area contributed by atoms with Crippen molar-refractivity contribution in [1.29, 1.82) is 0 Å². The Morgan fingerprint density at radius 3 is 2.58 bits per heavy atom. The summed E-state index contributed by atoms with van der Waals surface area (Å²) in [5, 5.41) is 3.32. The number of anilines is 1. The van der Waals surface area contributed by atoms with Gasteiger partial charge in [0, 0.05) is 31.7 Å². The van der Waals surface area contributed by atoms with E-state index in [9.17, 15) is 4.79 Å². The van der Waals surface area contributed by atoms with Gasteiger partial charge in [0.25, 0.3) is 0 Å². The molecule has 98 valence electrons. The minimum atomic E-state index is -0.308. The van der Waals surface area contributed by atoms with Gasteiger partial charge in [0.15, 0.2) is 0 Å². The lowest BCUT2D eigenvalue weighted by Crippen LogP contribution is -2.44. The molecule has 0 bridgehead atoms. The Hall–Kier alpha value is -2.14. The lowest BCUT2D eigenvalue weighted by Gasteiger charge is -2.30. The van der Waals surface area contributed by atoms with Crippen LogP contribution in [0.5, 0.6) is 0 Å². The van der Waals surface area contributed by atoms with Gasteiger partial charge in [0.05, 0.1) is 17.6 Å². The normalized spacial score (nSPS) is 15.5. The van der Waals surface area contributed by atoms with Crippen LogP contribution in [0, 0.1) is 0 Å². The van der Waals surface area contributed by atoms with Gasteiger partial charge in [0.1, 0.15) is 0 Å². The molecular formula is C14H16N4O. The number of piperazine rings is 1. The Kier molecular flexibility index (Phi) is 3.29. The molecule has 1 saturated heterocycles. The van der Waals surface area contributed by atoms with E-state index in [4.69, 9.17) is 0 Å². The molecule has 1 fully saturated rings. The fraction of sp³-hybridized carbons (Fsp3) is 0.286. The van der Waals surface area contributed by atoms with Crippen molar-refractivity contribution in [2.24, 2.45) is 0 Å². The van der Waals surface area contributed by atoms with Crippen LogP contribution in [0.15, 0.2) is 41.3 Å². The Bertz CT molecular complexity index is 602. The van der Waals surface area contributed by atoms with Gasteiger partial charge in [-0.05, 0) is 0 Å². The molecule has 0 amide bonds. The molecule has 0 atom stereocenters. The Morgan fingerprint density at radius 2 is 1.84 bits per heavy atom. The summed E-state index contributed by atoms with van der Waals surface area (Å²) in [5.74, 6) is 0. The van der Waals surface area contributed by atoms with Gasteiger partial charge in [-0.2, -0.15) is 4.98 Å². The first-order chi connectivity index (χ1) is 9.34. The third-order valence-electron chi connectivity index (χ3n) is 3.31. The fourth-order valence-electron chi connectivity index (χ4n) is 2.36. The second-order valence-corrected chi connectivity index (χ2v) is 4.55. The number of nitrogens with one attached hydrogen (secondary N) is 2. The van der Waals surface area contributed by atoms with Gasteiger partial charge in [-0.1, -0.05) is 30.3 Å². The minimum Gasteiger partial charge on any atom is -0.366 e. The molecule has 0 unspecified atom stereocenters. The van der Waals surface area contributed by atoms with Gasteiger partial charge < -0.3 is 15.2 Å². The van der Waals surface area contributed by atoms with Crippen molar-refractivity contribution in [3.8, 4) is 11.3 Å². The summed E-state index contributed by atoms with van der Waals surface area (Å²) in [6.07, 6.45) is 1.67. The number of hydrogen-bond acceptors (Lipinski definition) is 4. The van der Waals surface area contributed by atoms with E-state index in [1.54, 1.807) is 6.20 Å². The van der Waals surface area contributed by atoms with Crippen molar-refractivity contribution in [3.63, 3.8) is 0 Å². The molecule has 1 aromatic heterocycles. The van der Waals surface area contributed by atoms with Crippen molar-refractivity contribution in [2.45, 2.75) is 0 Å². The minimum absolute atomic E-state index is 0.308. The average Bonchev–Trinajstić information content (AvgIpc) is 2.49. The van der Waals surface area contributed by atoms with E-state index in [-0.39, 0.29) is 5.69 Å². The van der Waals surface area contributed by atoms with Gasteiger partial charge >= 0.3 is 5.69 Å². The zero-order valence-electron chi connectivity index (χ0n) is 10.6. The first-order valence-electron chi connectivity index (χ1n) is 6.45. The molecule has 2 heterocycles. The van der Waals surface area contributed by atoms with Crippen molar-refractivity contribution < 1.29 is 0 Å². The third-order valence-corrected chi connectivity index (χ3v) is 3.31. The van der Waals surface area contributed by atoms with Crippen molar-refractivity contribution in [1.82, 2.24) is 15.3 Å². The predicted octanol–water partition coefficient (Wildman–Crippen LogP) is 0.846. The summed E-state index contributed by atoms with van der Waals surface area (Å²) in [7, 11) is 0. The van der Waals surface area contributed by atoms with Gasteiger partial charge in [-0.25, -0.2) is 4.79 Å². The SMILES string of the molecule is O=c1ncc(N2CCNCC2)c(-c2ccccc2)[nH]1. The zero-order valence-corrected chi connectivity index (χ0v) is 10.6. The van der Waals surface area contributed by atoms with Crippen molar-refractivity contribution in [2.75, 3.05) is 31.1 Å². The lowest BCUT2D eigenvalue weighted by molar-refractivity contribution is 0.588. The number of aromatic nitrogens is 2. The first-order valence-corrected chi connectivity index (χ1v) is 6.45. The quantitative estimate of drug-likeness (QED) is 0.836. The molecule has 3 rings (SSSR count). The maximum absolute atomic E-state index is 11.5. The smallest absolute Gasteiger partial charge is 0.345 e. The number of hydrogen-bond donors (Lipinski definition) is 2. The predicted molar refractivity (Wildman–Crippen MR) is 75.4 cm³/mol. The van der Waals surface area contributed by atoms with E-state index in [0.717, 1.165) is 43.1 Å². The van der Waals surface area contributed by atoms with Gasteiger partial charge in [-0.3, -0.25) is 0 Å². The second-order valence-electron chi connectivity index (χ2n) is 4.55. The van der Waals surface area contributed by atoms with E-state index in [0.29, 0.717) is 0 Å². The van der Waals surface area contributed by atoms with E-state index < -0.39 is 0 Å². The van der Waals surface area contributed by atoms with Gasteiger partial charge in [-0.15, -0.1) is 0 Å². The molecule has 0 radical (unpaired) electrons. The molecule has 0 aliphatic carbocycles. The van der Waals surface area contributed by atoms with Crippen LogP contribution in [0.2, 0.25) is 0 Å². The molecule has 1 aromatic carbocycles. The highest BCUT2D eigenvalue weighted by Crippen LogP contribution is 2.26. The highest BCUT2D eigenvalue weighted by atomic mass is 16.1. The topological polar surface area (TPSA) is 61.0 Å². The number of H-pyrrole nitrogens is 1. The number of nitrogens with zero attached hydrogens (tertiary/aromatic N) is 2. The van der Waals surface area contributed by atoms with E-state index in [1.807, 2.05) is 30.3 Å². The lowest BCUT2D eigenvalue weighted by atomic mass is 10.1. The molecule has 19 heavy (non-hydrogen) atoms. The molecule has 1 aliphatic heterocycles. The maximum atomic E-state index is 11.5. The summed E-state index contributed by atoms with van der Waals surface area (Å²) >= 11 is 0. The molecule has 0 spiro atoms. The molecule has 5 nitrogen and oxygen atoms in total. The molecule has 2 N–H and O–H groups in total. The van der Waals surface area contributed by atoms with Crippen LogP contribution in [0.25, 0.3) is 11.3 Å². The summed E-state index contributed by atoms with van der Waals surface area (Å²) in [6.45, 7) is 3.75. The number of benzene rings is 1. The zero-order chi connectivity index (χ0) is 13.1. The monoisotopic (exact) mass is 256 g/mol. The second kappa shape index (κ2) is 5.24. The van der Waals surface area contributed by atoms with Crippen LogP contribution in [0.3, 0.4) is 0 Å². The van der Waals surface area contributed by atoms with Crippen molar-refractivity contribution in [3.05, 3.63) is 47.0 Å². The number of aromatic amines is 1. The van der Waals surface area contributed by atoms with E-state index in [1.165, 1.54) is 0 Å². The van der Waals surface area contributed by atoms with E-state index in [2.05, 4.69) is 20.2 Å². The van der Waals surface area contributed by atoms with Gasteiger partial charge in [0.2, 0.25) is 0 Å². The molecule has 0 saturated carbocycles. The van der Waals surface area contributed by atoms with Crippen LogP contribution in [0.1, 0.15) is 0 Å². The average molecular weight is 256 g/mol. The molecule has 2 aromatic rings. The molecule has 1 aliphatic rings.